The van der Waals surface area contributed by atoms with Crippen LogP contribution in [0.2, 0.25) is 0 Å². The molecule has 1 aliphatic heterocycles. The molecule has 0 bridgehead atoms. The Morgan fingerprint density at radius 2 is 1.75 bits per heavy atom. The third-order valence-electron chi connectivity index (χ3n) is 3.22. The Morgan fingerprint density at radius 3 is 2.50 bits per heavy atom. The molecule has 0 spiro atoms. The predicted molar refractivity (Wildman–Crippen MR) is 81.2 cm³/mol. The van der Waals surface area contributed by atoms with Gasteiger partial charge in [0, 0.05) is 11.1 Å². The minimum atomic E-state index is 0.122. The first kappa shape index (κ1) is 12.3. The van der Waals surface area contributed by atoms with Gasteiger partial charge < -0.3 is 11.1 Å². The maximum atomic E-state index is 5.68. The summed E-state index contributed by atoms with van der Waals surface area (Å²) in [6.45, 7) is 0.663. The molecule has 0 saturated heterocycles. The molecule has 3 rings (SSSR count). The van der Waals surface area contributed by atoms with Crippen LogP contribution in [0.4, 0.5) is 0 Å². The van der Waals surface area contributed by atoms with Crippen molar-refractivity contribution in [3.05, 3.63) is 71.3 Å². The lowest BCUT2D eigenvalue weighted by Crippen LogP contribution is -2.29. The van der Waals surface area contributed by atoms with Crippen molar-refractivity contribution in [3.8, 4) is 11.8 Å². The van der Waals surface area contributed by atoms with E-state index in [1.54, 1.807) is 0 Å². The van der Waals surface area contributed by atoms with Crippen LogP contribution in [0.5, 0.6) is 0 Å². The normalized spacial score (nSPS) is 16.8. The van der Waals surface area contributed by atoms with Crippen molar-refractivity contribution in [1.82, 2.24) is 5.32 Å². The summed E-state index contributed by atoms with van der Waals surface area (Å²) in [5.74, 6) is 6.93. The van der Waals surface area contributed by atoms with Gasteiger partial charge in [0.1, 0.15) is 0 Å². The van der Waals surface area contributed by atoms with Crippen LogP contribution >= 0.6 is 0 Å². The fraction of sp³-hybridized carbons (Fsp3) is 0.118. The lowest BCUT2D eigenvalue weighted by molar-refractivity contribution is 0.706. The molecule has 20 heavy (non-hydrogen) atoms. The average molecular weight is 261 g/mol. The van der Waals surface area contributed by atoms with E-state index in [2.05, 4.69) is 28.2 Å². The quantitative estimate of drug-likeness (QED) is 0.772. The van der Waals surface area contributed by atoms with Gasteiger partial charge in [-0.2, -0.15) is 0 Å². The summed E-state index contributed by atoms with van der Waals surface area (Å²) in [5, 5.41) is 3.17. The van der Waals surface area contributed by atoms with Crippen molar-refractivity contribution in [2.75, 3.05) is 6.54 Å². The van der Waals surface area contributed by atoms with Crippen molar-refractivity contribution in [2.45, 2.75) is 6.04 Å². The number of nitrogens with zero attached hydrogens (tertiary/aromatic N) is 1. The molecule has 1 aliphatic rings. The van der Waals surface area contributed by atoms with Crippen molar-refractivity contribution < 1.29 is 0 Å². The van der Waals surface area contributed by atoms with Crippen LogP contribution in [0.1, 0.15) is 22.7 Å². The molecule has 0 aliphatic carbocycles. The second kappa shape index (κ2) is 5.50. The number of aliphatic imine (C=N–C) groups is 1. The van der Waals surface area contributed by atoms with Crippen molar-refractivity contribution in [1.29, 1.82) is 0 Å². The van der Waals surface area contributed by atoms with Crippen LogP contribution in [-0.4, -0.2) is 12.5 Å². The summed E-state index contributed by atoms with van der Waals surface area (Å²) in [6, 6.07) is 18.2. The first-order chi connectivity index (χ1) is 9.83. The highest BCUT2D eigenvalue weighted by molar-refractivity contribution is 5.80. The number of nitrogens with one attached hydrogen (secondary N) is 1. The summed E-state index contributed by atoms with van der Waals surface area (Å²) >= 11 is 0. The van der Waals surface area contributed by atoms with Crippen LogP contribution in [-0.2, 0) is 0 Å². The number of rotatable bonds is 1. The van der Waals surface area contributed by atoms with E-state index >= 15 is 0 Å². The van der Waals surface area contributed by atoms with Gasteiger partial charge >= 0.3 is 0 Å². The standard InChI is InChI=1S/C17H15N3/c18-17-19-12-16(20-17)15-9-5-4-8-14(15)11-10-13-6-2-1-3-7-13/h1-9,16H,12H2,(H3,18,19,20). The van der Waals surface area contributed by atoms with Gasteiger partial charge in [-0.3, -0.25) is 4.99 Å². The third kappa shape index (κ3) is 2.65. The molecular formula is C17H15N3. The molecule has 3 heteroatoms. The Hall–Kier alpha value is -2.73. The Labute approximate surface area is 118 Å². The Bertz CT molecular complexity index is 693. The molecule has 1 unspecified atom stereocenters. The lowest BCUT2D eigenvalue weighted by Gasteiger charge is -2.12. The first-order valence-corrected chi connectivity index (χ1v) is 6.55. The second-order valence-corrected chi connectivity index (χ2v) is 4.63. The maximum absolute atomic E-state index is 5.68. The van der Waals surface area contributed by atoms with Gasteiger partial charge in [-0.25, -0.2) is 0 Å². The molecule has 0 radical (unpaired) electrons. The van der Waals surface area contributed by atoms with Gasteiger partial charge in [-0.15, -0.1) is 0 Å². The smallest absolute Gasteiger partial charge is 0.189 e. The van der Waals surface area contributed by atoms with Crippen LogP contribution in [0.3, 0.4) is 0 Å². The molecule has 0 aromatic heterocycles. The predicted octanol–water partition coefficient (Wildman–Crippen LogP) is 2.05. The van der Waals surface area contributed by atoms with Gasteiger partial charge in [0.25, 0.3) is 0 Å². The zero-order chi connectivity index (χ0) is 13.8. The number of hydrogen-bond acceptors (Lipinski definition) is 3. The SMILES string of the molecule is NC1=NCC(c2ccccc2C#Cc2ccccc2)N1. The number of guanidine groups is 1. The van der Waals surface area contributed by atoms with Crippen LogP contribution in [0.25, 0.3) is 0 Å². The second-order valence-electron chi connectivity index (χ2n) is 4.63. The van der Waals surface area contributed by atoms with E-state index in [0.29, 0.717) is 12.5 Å². The van der Waals surface area contributed by atoms with Crippen molar-refractivity contribution in [3.63, 3.8) is 0 Å². The van der Waals surface area contributed by atoms with E-state index in [1.165, 1.54) is 0 Å². The molecule has 0 fully saturated rings. The monoisotopic (exact) mass is 261 g/mol. The summed E-state index contributed by atoms with van der Waals surface area (Å²) in [6.07, 6.45) is 0. The molecule has 1 atom stereocenters. The van der Waals surface area contributed by atoms with Crippen LogP contribution in [0, 0.1) is 11.8 Å². The molecule has 2 aromatic rings. The van der Waals surface area contributed by atoms with Gasteiger partial charge in [-0.05, 0) is 23.8 Å². The van der Waals surface area contributed by atoms with Crippen molar-refractivity contribution >= 4 is 5.96 Å². The van der Waals surface area contributed by atoms with E-state index < -0.39 is 0 Å². The van der Waals surface area contributed by atoms with Gasteiger partial charge in [-0.1, -0.05) is 48.2 Å². The molecule has 0 amide bonds. The fourth-order valence-electron chi connectivity index (χ4n) is 2.21. The minimum Gasteiger partial charge on any atom is -0.370 e. The Morgan fingerprint density at radius 1 is 1.00 bits per heavy atom. The molecule has 3 N–H and O–H groups in total. The zero-order valence-corrected chi connectivity index (χ0v) is 11.0. The van der Waals surface area contributed by atoms with E-state index in [0.717, 1.165) is 16.7 Å². The number of hydrogen-bond donors (Lipinski definition) is 2. The fourth-order valence-corrected chi connectivity index (χ4v) is 2.21. The van der Waals surface area contributed by atoms with Gasteiger partial charge in [0.2, 0.25) is 0 Å². The molecule has 0 saturated carbocycles. The maximum Gasteiger partial charge on any atom is 0.189 e. The molecule has 2 aromatic carbocycles. The van der Waals surface area contributed by atoms with Crippen LogP contribution < -0.4 is 11.1 Å². The lowest BCUT2D eigenvalue weighted by atomic mass is 10.0. The summed E-state index contributed by atoms with van der Waals surface area (Å²) in [7, 11) is 0. The van der Waals surface area contributed by atoms with Gasteiger partial charge in [0.15, 0.2) is 5.96 Å². The minimum absolute atomic E-state index is 0.122. The summed E-state index contributed by atoms with van der Waals surface area (Å²) in [4.78, 5) is 4.19. The van der Waals surface area contributed by atoms with E-state index in [-0.39, 0.29) is 6.04 Å². The average Bonchev–Trinajstić information content (AvgIpc) is 2.93. The van der Waals surface area contributed by atoms with E-state index in [1.807, 2.05) is 48.5 Å². The largest absolute Gasteiger partial charge is 0.370 e. The van der Waals surface area contributed by atoms with Crippen molar-refractivity contribution in [2.24, 2.45) is 10.7 Å². The summed E-state index contributed by atoms with van der Waals surface area (Å²) in [5.41, 5.74) is 8.84. The van der Waals surface area contributed by atoms with E-state index in [9.17, 15) is 0 Å². The number of nitrogens with two attached hydrogens (primary N) is 1. The highest BCUT2D eigenvalue weighted by atomic mass is 15.2. The Balaban J connectivity index is 1.90. The first-order valence-electron chi connectivity index (χ1n) is 6.55. The highest BCUT2D eigenvalue weighted by Crippen LogP contribution is 2.20. The molecule has 98 valence electrons. The van der Waals surface area contributed by atoms with E-state index in [4.69, 9.17) is 5.73 Å². The number of benzene rings is 2. The van der Waals surface area contributed by atoms with Crippen LogP contribution in [0.15, 0.2) is 59.6 Å². The topological polar surface area (TPSA) is 50.4 Å². The molecule has 1 heterocycles. The zero-order valence-electron chi connectivity index (χ0n) is 11.0. The van der Waals surface area contributed by atoms with Gasteiger partial charge in [0.05, 0.1) is 12.6 Å². The highest BCUT2D eigenvalue weighted by Gasteiger charge is 2.19. The molecule has 3 nitrogen and oxygen atoms in total. The third-order valence-corrected chi connectivity index (χ3v) is 3.22. The Kier molecular flexibility index (Phi) is 3.38. The summed E-state index contributed by atoms with van der Waals surface area (Å²) < 4.78 is 0. The molecular weight excluding hydrogens is 246 g/mol.